The number of carbonyl (C=O) groups is 1. The number of aromatic nitrogens is 3. The SMILES string of the molecule is CCNC(=NCCCN1C(=O)COc2ccccc21)NC1CCc2nc(C)nn2C1.I. The summed E-state index contributed by atoms with van der Waals surface area (Å²) < 4.78 is 7.49. The Morgan fingerprint density at radius 2 is 2.19 bits per heavy atom. The second-order valence-corrected chi connectivity index (χ2v) is 7.55. The molecule has 10 heteroatoms. The van der Waals surface area contributed by atoms with Crippen LogP contribution in [0.4, 0.5) is 5.69 Å². The third kappa shape index (κ3) is 5.66. The third-order valence-corrected chi connectivity index (χ3v) is 5.27. The molecule has 168 valence electrons. The average Bonchev–Trinajstić information content (AvgIpc) is 3.11. The predicted molar refractivity (Wildman–Crippen MR) is 130 cm³/mol. The molecular weight excluding hydrogens is 509 g/mol. The lowest BCUT2D eigenvalue weighted by Crippen LogP contribution is -2.47. The summed E-state index contributed by atoms with van der Waals surface area (Å²) in [6.45, 7) is 6.91. The van der Waals surface area contributed by atoms with Crippen molar-refractivity contribution < 1.29 is 9.53 Å². The summed E-state index contributed by atoms with van der Waals surface area (Å²) in [6, 6.07) is 7.92. The normalized spacial score (nSPS) is 17.9. The summed E-state index contributed by atoms with van der Waals surface area (Å²) in [4.78, 5) is 23.3. The molecule has 0 saturated carbocycles. The Hall–Kier alpha value is -2.37. The van der Waals surface area contributed by atoms with Crippen molar-refractivity contribution in [3.8, 4) is 5.75 Å². The number of amides is 1. The van der Waals surface area contributed by atoms with Crippen LogP contribution in [0.15, 0.2) is 29.3 Å². The van der Waals surface area contributed by atoms with Crippen molar-refractivity contribution in [3.63, 3.8) is 0 Å². The van der Waals surface area contributed by atoms with Crippen molar-refractivity contribution in [2.24, 2.45) is 4.99 Å². The van der Waals surface area contributed by atoms with E-state index in [0.29, 0.717) is 13.1 Å². The number of para-hydroxylation sites is 2. The van der Waals surface area contributed by atoms with Crippen molar-refractivity contribution >= 4 is 41.5 Å². The summed E-state index contributed by atoms with van der Waals surface area (Å²) in [5, 5.41) is 11.3. The number of nitrogens with zero attached hydrogens (tertiary/aromatic N) is 5. The standard InChI is InChI=1S/C21H29N7O2.HI/c1-3-22-21(25-16-9-10-19-24-15(2)26-28(19)13-16)23-11-6-12-27-17-7-4-5-8-18(17)30-14-20(27)29;/h4-5,7-8,16H,3,6,9-14H2,1-2H3,(H2,22,23,25);1H. The zero-order valence-electron chi connectivity index (χ0n) is 18.0. The first kappa shape index (κ1) is 23.3. The molecule has 1 atom stereocenters. The minimum atomic E-state index is -0.0103. The fourth-order valence-electron chi connectivity index (χ4n) is 3.88. The highest BCUT2D eigenvalue weighted by molar-refractivity contribution is 14.0. The highest BCUT2D eigenvalue weighted by Crippen LogP contribution is 2.31. The van der Waals surface area contributed by atoms with Gasteiger partial charge in [0.05, 0.1) is 12.2 Å². The van der Waals surface area contributed by atoms with E-state index < -0.39 is 0 Å². The fourth-order valence-corrected chi connectivity index (χ4v) is 3.88. The van der Waals surface area contributed by atoms with Crippen LogP contribution in [0.2, 0.25) is 0 Å². The highest BCUT2D eigenvalue weighted by Gasteiger charge is 2.24. The van der Waals surface area contributed by atoms with Crippen LogP contribution in [0.25, 0.3) is 0 Å². The Kier molecular flexibility index (Phi) is 8.10. The number of halogens is 1. The molecule has 0 spiro atoms. The molecule has 4 rings (SSSR count). The van der Waals surface area contributed by atoms with Gasteiger partial charge in [-0.05, 0) is 38.8 Å². The topological polar surface area (TPSA) is 96.7 Å². The molecule has 3 heterocycles. The van der Waals surface area contributed by atoms with Crippen molar-refractivity contribution in [2.75, 3.05) is 31.1 Å². The van der Waals surface area contributed by atoms with E-state index in [2.05, 4.69) is 27.6 Å². The van der Waals surface area contributed by atoms with E-state index in [1.54, 1.807) is 4.90 Å². The molecule has 2 aliphatic heterocycles. The van der Waals surface area contributed by atoms with E-state index in [-0.39, 0.29) is 42.5 Å². The van der Waals surface area contributed by atoms with Crippen LogP contribution < -0.4 is 20.3 Å². The molecule has 1 amide bonds. The van der Waals surface area contributed by atoms with Gasteiger partial charge in [-0.1, -0.05) is 12.1 Å². The second-order valence-electron chi connectivity index (χ2n) is 7.55. The van der Waals surface area contributed by atoms with Crippen LogP contribution in [-0.2, 0) is 17.8 Å². The molecule has 0 radical (unpaired) electrons. The van der Waals surface area contributed by atoms with E-state index >= 15 is 0 Å². The maximum absolute atomic E-state index is 12.3. The third-order valence-electron chi connectivity index (χ3n) is 5.27. The molecule has 0 fully saturated rings. The van der Waals surface area contributed by atoms with E-state index in [0.717, 1.165) is 61.4 Å². The number of ether oxygens (including phenoxy) is 1. The van der Waals surface area contributed by atoms with E-state index in [1.807, 2.05) is 35.9 Å². The Bertz CT molecular complexity index is 930. The monoisotopic (exact) mass is 539 g/mol. The Morgan fingerprint density at radius 3 is 3.03 bits per heavy atom. The number of guanidine groups is 1. The van der Waals surface area contributed by atoms with Gasteiger partial charge in [0.2, 0.25) is 0 Å². The number of fused-ring (bicyclic) bond motifs is 2. The van der Waals surface area contributed by atoms with Gasteiger partial charge < -0.3 is 20.3 Å². The van der Waals surface area contributed by atoms with Crippen molar-refractivity contribution in [3.05, 3.63) is 35.9 Å². The van der Waals surface area contributed by atoms with Crippen molar-refractivity contribution in [2.45, 2.75) is 45.7 Å². The number of nitrogens with one attached hydrogen (secondary N) is 2. The summed E-state index contributed by atoms with van der Waals surface area (Å²) in [5.41, 5.74) is 0.837. The van der Waals surface area contributed by atoms with Crippen molar-refractivity contribution in [1.29, 1.82) is 0 Å². The molecule has 1 unspecified atom stereocenters. The summed E-state index contributed by atoms with van der Waals surface area (Å²) in [6.07, 6.45) is 2.69. The molecule has 0 saturated heterocycles. The van der Waals surface area contributed by atoms with Gasteiger partial charge in [-0.2, -0.15) is 5.10 Å². The maximum atomic E-state index is 12.3. The number of anilines is 1. The fraction of sp³-hybridized carbons (Fsp3) is 0.524. The van der Waals surface area contributed by atoms with Gasteiger partial charge in [0, 0.05) is 32.1 Å². The van der Waals surface area contributed by atoms with Gasteiger partial charge in [0.15, 0.2) is 12.6 Å². The van der Waals surface area contributed by atoms with Crippen LogP contribution in [-0.4, -0.2) is 58.9 Å². The lowest BCUT2D eigenvalue weighted by atomic mass is 10.1. The van der Waals surface area contributed by atoms with Crippen LogP contribution in [0.5, 0.6) is 5.75 Å². The number of hydrogen-bond acceptors (Lipinski definition) is 5. The van der Waals surface area contributed by atoms with E-state index in [9.17, 15) is 4.79 Å². The summed E-state index contributed by atoms with van der Waals surface area (Å²) in [5.74, 6) is 3.43. The Balaban J connectivity index is 0.00000272. The van der Waals surface area contributed by atoms with Crippen LogP contribution >= 0.6 is 24.0 Å². The predicted octanol–water partition coefficient (Wildman–Crippen LogP) is 1.89. The number of hydrogen-bond donors (Lipinski definition) is 2. The molecular formula is C21H30IN7O2. The van der Waals surface area contributed by atoms with E-state index in [1.165, 1.54) is 0 Å². The average molecular weight is 539 g/mol. The van der Waals surface area contributed by atoms with Gasteiger partial charge in [0.1, 0.15) is 17.4 Å². The number of aliphatic imine (C=N–C) groups is 1. The molecule has 9 nitrogen and oxygen atoms in total. The van der Waals surface area contributed by atoms with Crippen LogP contribution in [0, 0.1) is 6.92 Å². The number of rotatable bonds is 6. The number of benzene rings is 1. The largest absolute Gasteiger partial charge is 0.482 e. The molecule has 2 aromatic rings. The van der Waals surface area contributed by atoms with E-state index in [4.69, 9.17) is 9.73 Å². The number of aryl methyl sites for hydroxylation is 2. The van der Waals surface area contributed by atoms with Gasteiger partial charge in [0.25, 0.3) is 5.91 Å². The number of carbonyl (C=O) groups excluding carboxylic acids is 1. The zero-order valence-corrected chi connectivity index (χ0v) is 20.3. The molecule has 1 aromatic carbocycles. The Morgan fingerprint density at radius 1 is 1.35 bits per heavy atom. The molecule has 2 N–H and O–H groups in total. The molecule has 0 bridgehead atoms. The smallest absolute Gasteiger partial charge is 0.265 e. The first-order chi connectivity index (χ1) is 14.6. The quantitative estimate of drug-likeness (QED) is 0.252. The second kappa shape index (κ2) is 10.8. The first-order valence-corrected chi connectivity index (χ1v) is 10.6. The van der Waals surface area contributed by atoms with Crippen molar-refractivity contribution in [1.82, 2.24) is 25.4 Å². The lowest BCUT2D eigenvalue weighted by Gasteiger charge is -2.29. The summed E-state index contributed by atoms with van der Waals surface area (Å²) >= 11 is 0. The minimum Gasteiger partial charge on any atom is -0.482 e. The first-order valence-electron chi connectivity index (χ1n) is 10.6. The molecule has 0 aliphatic carbocycles. The lowest BCUT2D eigenvalue weighted by molar-refractivity contribution is -0.121. The highest BCUT2D eigenvalue weighted by atomic mass is 127. The molecule has 31 heavy (non-hydrogen) atoms. The van der Waals surface area contributed by atoms with Gasteiger partial charge in [-0.3, -0.25) is 9.79 Å². The van der Waals surface area contributed by atoms with Crippen LogP contribution in [0.1, 0.15) is 31.4 Å². The maximum Gasteiger partial charge on any atom is 0.265 e. The van der Waals surface area contributed by atoms with Gasteiger partial charge in [-0.15, -0.1) is 24.0 Å². The zero-order chi connectivity index (χ0) is 20.9. The molecule has 2 aliphatic rings. The van der Waals surface area contributed by atoms with Gasteiger partial charge in [-0.25, -0.2) is 9.67 Å². The summed E-state index contributed by atoms with van der Waals surface area (Å²) in [7, 11) is 0. The minimum absolute atomic E-state index is 0. The van der Waals surface area contributed by atoms with Gasteiger partial charge >= 0.3 is 0 Å². The molecule has 1 aromatic heterocycles. The Labute approximate surface area is 199 Å². The van der Waals surface area contributed by atoms with Crippen LogP contribution in [0.3, 0.4) is 0 Å².